The number of nitrogens with one attached hydrogen (secondary N) is 2. The normalized spacial score (nSPS) is 14.3. The molecule has 0 aromatic heterocycles. The molecule has 1 atom stereocenters. The molecular formula is C24H31N3O3. The number of rotatable bonds is 8. The largest absolute Gasteiger partial charge is 0.494 e. The molecule has 6 nitrogen and oxygen atoms in total. The van der Waals surface area contributed by atoms with E-state index in [-0.39, 0.29) is 24.3 Å². The van der Waals surface area contributed by atoms with Crippen LogP contribution in [0.3, 0.4) is 0 Å². The Labute approximate surface area is 178 Å². The highest BCUT2D eigenvalue weighted by molar-refractivity contribution is 5.96. The summed E-state index contributed by atoms with van der Waals surface area (Å²) in [6, 6.07) is 13.0. The number of carbonyl (C=O) groups excluding carboxylic acids is 2. The second kappa shape index (κ2) is 10.1. The molecule has 6 heteroatoms. The van der Waals surface area contributed by atoms with Crippen LogP contribution in [0.15, 0.2) is 42.5 Å². The predicted molar refractivity (Wildman–Crippen MR) is 120 cm³/mol. The zero-order valence-electron chi connectivity index (χ0n) is 18.0. The fourth-order valence-electron chi connectivity index (χ4n) is 3.71. The van der Waals surface area contributed by atoms with Crippen LogP contribution >= 0.6 is 0 Å². The third kappa shape index (κ3) is 5.75. The van der Waals surface area contributed by atoms with Gasteiger partial charge in [0.15, 0.2) is 0 Å². The predicted octanol–water partition coefficient (Wildman–Crippen LogP) is 4.14. The van der Waals surface area contributed by atoms with Crippen LogP contribution in [-0.2, 0) is 4.79 Å². The van der Waals surface area contributed by atoms with Gasteiger partial charge in [-0.1, -0.05) is 6.07 Å². The zero-order chi connectivity index (χ0) is 21.5. The maximum absolute atomic E-state index is 12.5. The molecule has 0 aliphatic carbocycles. The molecule has 1 aliphatic rings. The minimum atomic E-state index is -0.286. The van der Waals surface area contributed by atoms with Crippen LogP contribution in [0.2, 0.25) is 0 Å². The number of nitrogens with zero attached hydrogens (tertiary/aromatic N) is 1. The van der Waals surface area contributed by atoms with Crippen LogP contribution in [-0.4, -0.2) is 37.6 Å². The number of carbonyl (C=O) groups is 2. The molecule has 2 N–H and O–H groups in total. The van der Waals surface area contributed by atoms with Crippen molar-refractivity contribution >= 4 is 23.2 Å². The molecule has 2 amide bonds. The molecule has 1 unspecified atom stereocenters. The lowest BCUT2D eigenvalue weighted by Crippen LogP contribution is -2.35. The Morgan fingerprint density at radius 3 is 2.60 bits per heavy atom. The highest BCUT2D eigenvalue weighted by atomic mass is 16.5. The molecule has 2 aromatic rings. The van der Waals surface area contributed by atoms with Crippen molar-refractivity contribution < 1.29 is 14.3 Å². The maximum Gasteiger partial charge on any atom is 0.251 e. The van der Waals surface area contributed by atoms with E-state index in [0.717, 1.165) is 35.8 Å². The summed E-state index contributed by atoms with van der Waals surface area (Å²) in [6.45, 7) is 8.38. The Morgan fingerprint density at radius 2 is 1.90 bits per heavy atom. The average Bonchev–Trinajstić information content (AvgIpc) is 3.24. The van der Waals surface area contributed by atoms with Crippen molar-refractivity contribution in [2.45, 2.75) is 46.1 Å². The molecule has 0 saturated carbocycles. The summed E-state index contributed by atoms with van der Waals surface area (Å²) in [5.41, 5.74) is 3.39. The maximum atomic E-state index is 12.5. The van der Waals surface area contributed by atoms with E-state index in [1.54, 1.807) is 18.2 Å². The van der Waals surface area contributed by atoms with Crippen molar-refractivity contribution in [1.82, 2.24) is 5.32 Å². The van der Waals surface area contributed by atoms with Gasteiger partial charge in [0, 0.05) is 42.5 Å². The van der Waals surface area contributed by atoms with Gasteiger partial charge in [0.2, 0.25) is 5.91 Å². The van der Waals surface area contributed by atoms with Crippen LogP contribution in [0.5, 0.6) is 5.75 Å². The number of benzene rings is 2. The van der Waals surface area contributed by atoms with Gasteiger partial charge in [-0.05, 0) is 75.6 Å². The Bertz CT molecular complexity index is 891. The average molecular weight is 410 g/mol. The van der Waals surface area contributed by atoms with Gasteiger partial charge in [0.1, 0.15) is 5.75 Å². The molecule has 0 radical (unpaired) electrons. The Kier molecular flexibility index (Phi) is 7.33. The van der Waals surface area contributed by atoms with Crippen molar-refractivity contribution in [2.75, 3.05) is 29.9 Å². The molecule has 1 saturated heterocycles. The Morgan fingerprint density at radius 1 is 1.13 bits per heavy atom. The molecule has 160 valence electrons. The smallest absolute Gasteiger partial charge is 0.251 e. The summed E-state index contributed by atoms with van der Waals surface area (Å²) in [7, 11) is 0. The van der Waals surface area contributed by atoms with E-state index >= 15 is 0 Å². The van der Waals surface area contributed by atoms with E-state index in [4.69, 9.17) is 4.74 Å². The molecular weight excluding hydrogens is 378 g/mol. The third-order valence-electron chi connectivity index (χ3n) is 5.21. The van der Waals surface area contributed by atoms with Crippen LogP contribution in [0.25, 0.3) is 0 Å². The molecule has 1 aliphatic heterocycles. The lowest BCUT2D eigenvalue weighted by Gasteiger charge is -2.19. The SMILES string of the molecule is CCOc1ccc(C(=O)NC(C)CC(=O)Nc2cccc(N3CCCC3)c2)cc1C. The molecule has 0 spiro atoms. The van der Waals surface area contributed by atoms with Crippen LogP contribution < -0.4 is 20.3 Å². The highest BCUT2D eigenvalue weighted by Crippen LogP contribution is 2.23. The van der Waals surface area contributed by atoms with Gasteiger partial charge < -0.3 is 20.3 Å². The standard InChI is InChI=1S/C24H31N3O3/c1-4-30-22-11-10-19(14-17(22)2)24(29)25-18(3)15-23(28)26-20-8-7-9-21(16-20)27-12-5-6-13-27/h7-11,14,16,18H,4-6,12-13,15H2,1-3H3,(H,25,29)(H,26,28). The lowest BCUT2D eigenvalue weighted by molar-refractivity contribution is -0.116. The van der Waals surface area contributed by atoms with Gasteiger partial charge in [-0.3, -0.25) is 9.59 Å². The van der Waals surface area contributed by atoms with Gasteiger partial charge in [-0.2, -0.15) is 0 Å². The Hall–Kier alpha value is -3.02. The van der Waals surface area contributed by atoms with Crippen molar-refractivity contribution in [3.8, 4) is 5.75 Å². The first-order chi connectivity index (χ1) is 14.5. The molecule has 0 bridgehead atoms. The summed E-state index contributed by atoms with van der Waals surface area (Å²) < 4.78 is 5.51. The van der Waals surface area contributed by atoms with E-state index in [0.29, 0.717) is 12.2 Å². The van der Waals surface area contributed by atoms with Gasteiger partial charge in [-0.15, -0.1) is 0 Å². The summed E-state index contributed by atoms with van der Waals surface area (Å²) in [4.78, 5) is 27.3. The number of hydrogen-bond acceptors (Lipinski definition) is 4. The van der Waals surface area contributed by atoms with E-state index in [1.165, 1.54) is 12.8 Å². The van der Waals surface area contributed by atoms with E-state index in [1.807, 2.05) is 39.0 Å². The van der Waals surface area contributed by atoms with Crippen molar-refractivity contribution in [1.29, 1.82) is 0 Å². The van der Waals surface area contributed by atoms with Gasteiger partial charge >= 0.3 is 0 Å². The number of hydrogen-bond donors (Lipinski definition) is 2. The van der Waals surface area contributed by atoms with Crippen LogP contribution in [0.4, 0.5) is 11.4 Å². The topological polar surface area (TPSA) is 70.7 Å². The summed E-state index contributed by atoms with van der Waals surface area (Å²) >= 11 is 0. The minimum absolute atomic E-state index is 0.121. The monoisotopic (exact) mass is 409 g/mol. The minimum Gasteiger partial charge on any atom is -0.494 e. The van der Waals surface area contributed by atoms with Crippen LogP contribution in [0.1, 0.15) is 49.0 Å². The summed E-state index contributed by atoms with van der Waals surface area (Å²) in [6.07, 6.45) is 2.62. The molecule has 1 heterocycles. The number of ether oxygens (including phenoxy) is 1. The van der Waals surface area contributed by atoms with Gasteiger partial charge in [0.05, 0.1) is 6.61 Å². The van der Waals surface area contributed by atoms with E-state index in [2.05, 4.69) is 21.6 Å². The van der Waals surface area contributed by atoms with Gasteiger partial charge in [0.25, 0.3) is 5.91 Å². The molecule has 3 rings (SSSR count). The highest BCUT2D eigenvalue weighted by Gasteiger charge is 2.16. The Balaban J connectivity index is 1.52. The summed E-state index contributed by atoms with van der Waals surface area (Å²) in [5.74, 6) is 0.458. The summed E-state index contributed by atoms with van der Waals surface area (Å²) in [5, 5.41) is 5.85. The zero-order valence-corrected chi connectivity index (χ0v) is 18.0. The van der Waals surface area contributed by atoms with E-state index in [9.17, 15) is 9.59 Å². The molecule has 1 fully saturated rings. The lowest BCUT2D eigenvalue weighted by atomic mass is 10.1. The number of amides is 2. The second-order valence-electron chi connectivity index (χ2n) is 7.78. The molecule has 30 heavy (non-hydrogen) atoms. The van der Waals surface area contributed by atoms with Crippen LogP contribution in [0, 0.1) is 6.92 Å². The first kappa shape index (κ1) is 21.7. The second-order valence-corrected chi connectivity index (χ2v) is 7.78. The molecule has 2 aromatic carbocycles. The van der Waals surface area contributed by atoms with E-state index < -0.39 is 0 Å². The number of anilines is 2. The first-order valence-corrected chi connectivity index (χ1v) is 10.7. The van der Waals surface area contributed by atoms with Gasteiger partial charge in [-0.25, -0.2) is 0 Å². The van der Waals surface area contributed by atoms with Crippen molar-refractivity contribution in [2.24, 2.45) is 0 Å². The first-order valence-electron chi connectivity index (χ1n) is 10.7. The number of aryl methyl sites for hydroxylation is 1. The fourth-order valence-corrected chi connectivity index (χ4v) is 3.71. The quantitative estimate of drug-likeness (QED) is 0.687. The van der Waals surface area contributed by atoms with Crippen molar-refractivity contribution in [3.05, 3.63) is 53.6 Å². The third-order valence-corrected chi connectivity index (χ3v) is 5.21. The fraction of sp³-hybridized carbons (Fsp3) is 0.417. The van der Waals surface area contributed by atoms with Crippen molar-refractivity contribution in [3.63, 3.8) is 0 Å².